The van der Waals surface area contributed by atoms with Gasteiger partial charge in [-0.25, -0.2) is 4.79 Å². The van der Waals surface area contributed by atoms with Crippen molar-refractivity contribution in [3.05, 3.63) is 87.2 Å². The van der Waals surface area contributed by atoms with Crippen molar-refractivity contribution in [2.45, 2.75) is 13.5 Å². The lowest BCUT2D eigenvalue weighted by Crippen LogP contribution is -2.00. The summed E-state index contributed by atoms with van der Waals surface area (Å²) in [5.41, 5.74) is 1.99. The van der Waals surface area contributed by atoms with Crippen LogP contribution >= 0.6 is 11.6 Å². The molecule has 124 valence electrons. The van der Waals surface area contributed by atoms with E-state index in [0.717, 1.165) is 27.3 Å². The molecule has 4 aromatic rings. The zero-order valence-electron chi connectivity index (χ0n) is 13.6. The molecule has 0 aliphatic carbocycles. The van der Waals surface area contributed by atoms with E-state index in [-0.39, 0.29) is 5.63 Å². The first-order chi connectivity index (χ1) is 12.1. The molecule has 1 heterocycles. The molecule has 0 aliphatic rings. The summed E-state index contributed by atoms with van der Waals surface area (Å²) in [4.78, 5) is 11.6. The molecule has 0 fully saturated rings. The van der Waals surface area contributed by atoms with Crippen LogP contribution < -0.4 is 10.4 Å². The van der Waals surface area contributed by atoms with Gasteiger partial charge in [-0.2, -0.15) is 0 Å². The first-order valence-electron chi connectivity index (χ1n) is 7.95. The number of aryl methyl sites for hydroxylation is 1. The summed E-state index contributed by atoms with van der Waals surface area (Å²) in [5, 5.41) is 3.60. The molecule has 4 rings (SSSR count). The van der Waals surface area contributed by atoms with E-state index < -0.39 is 0 Å². The molecule has 3 nitrogen and oxygen atoms in total. The second-order valence-corrected chi connectivity index (χ2v) is 6.36. The van der Waals surface area contributed by atoms with Gasteiger partial charge in [0.15, 0.2) is 0 Å². The molecule has 3 aromatic carbocycles. The summed E-state index contributed by atoms with van der Waals surface area (Å²) in [6.07, 6.45) is 0. The molecule has 0 saturated heterocycles. The molecular weight excluding hydrogens is 336 g/mol. The molecule has 4 heteroatoms. The molecule has 0 atom stereocenters. The first-order valence-corrected chi connectivity index (χ1v) is 8.33. The van der Waals surface area contributed by atoms with Crippen molar-refractivity contribution in [2.24, 2.45) is 0 Å². The highest BCUT2D eigenvalue weighted by Gasteiger charge is 2.10. The second kappa shape index (κ2) is 6.26. The highest BCUT2D eigenvalue weighted by Crippen LogP contribution is 2.32. The third-order valence-electron chi connectivity index (χ3n) is 4.27. The number of hydrogen-bond acceptors (Lipinski definition) is 3. The van der Waals surface area contributed by atoms with Gasteiger partial charge in [0, 0.05) is 17.5 Å². The van der Waals surface area contributed by atoms with E-state index in [1.807, 2.05) is 31.2 Å². The van der Waals surface area contributed by atoms with Crippen molar-refractivity contribution in [1.82, 2.24) is 0 Å². The van der Waals surface area contributed by atoms with Gasteiger partial charge in [0.25, 0.3) is 0 Å². The van der Waals surface area contributed by atoms with E-state index in [4.69, 9.17) is 20.8 Å². The third-order valence-corrected chi connectivity index (χ3v) is 4.56. The Hall–Kier alpha value is -2.78. The highest BCUT2D eigenvalue weighted by atomic mass is 35.5. The molecule has 0 amide bonds. The van der Waals surface area contributed by atoms with Crippen molar-refractivity contribution in [3.8, 4) is 5.75 Å². The summed E-state index contributed by atoms with van der Waals surface area (Å²) in [7, 11) is 0. The fourth-order valence-corrected chi connectivity index (χ4v) is 3.22. The summed E-state index contributed by atoms with van der Waals surface area (Å²) >= 11 is 6.35. The summed E-state index contributed by atoms with van der Waals surface area (Å²) in [5.74, 6) is 0.496. The van der Waals surface area contributed by atoms with Crippen molar-refractivity contribution >= 4 is 33.3 Å². The molecule has 25 heavy (non-hydrogen) atoms. The van der Waals surface area contributed by atoms with Gasteiger partial charge in [-0.3, -0.25) is 0 Å². The molecule has 0 radical (unpaired) electrons. The molecule has 0 bridgehead atoms. The number of halogens is 1. The zero-order chi connectivity index (χ0) is 17.4. The van der Waals surface area contributed by atoms with E-state index in [9.17, 15) is 4.79 Å². The number of hydrogen-bond donors (Lipinski definition) is 0. The Balaban J connectivity index is 1.71. The second-order valence-electron chi connectivity index (χ2n) is 5.95. The summed E-state index contributed by atoms with van der Waals surface area (Å²) in [6, 6.07) is 19.2. The van der Waals surface area contributed by atoms with Crippen LogP contribution in [0.5, 0.6) is 5.75 Å². The van der Waals surface area contributed by atoms with Crippen LogP contribution in [0.25, 0.3) is 21.7 Å². The smallest absolute Gasteiger partial charge is 0.336 e. The monoisotopic (exact) mass is 350 g/mol. The van der Waals surface area contributed by atoms with Crippen LogP contribution in [0.3, 0.4) is 0 Å². The molecule has 0 saturated carbocycles. The quantitative estimate of drug-likeness (QED) is 0.459. The van der Waals surface area contributed by atoms with E-state index in [1.165, 1.54) is 6.07 Å². The van der Waals surface area contributed by atoms with Crippen molar-refractivity contribution in [2.75, 3.05) is 0 Å². The van der Waals surface area contributed by atoms with Gasteiger partial charge in [-0.05, 0) is 34.9 Å². The van der Waals surface area contributed by atoms with E-state index in [2.05, 4.69) is 18.2 Å². The Morgan fingerprint density at radius 2 is 1.80 bits per heavy atom. The SMILES string of the molecule is Cc1cc(=O)oc2cc(OCc3cccc4ccccc34)c(Cl)cc12. The van der Waals surface area contributed by atoms with Crippen LogP contribution in [0.4, 0.5) is 0 Å². The van der Waals surface area contributed by atoms with Crippen LogP contribution in [0.15, 0.2) is 69.9 Å². The maximum atomic E-state index is 11.6. The molecule has 1 aromatic heterocycles. The Morgan fingerprint density at radius 3 is 2.68 bits per heavy atom. The fourth-order valence-electron chi connectivity index (χ4n) is 3.00. The van der Waals surface area contributed by atoms with E-state index in [1.54, 1.807) is 12.1 Å². The van der Waals surface area contributed by atoms with Crippen molar-refractivity contribution in [1.29, 1.82) is 0 Å². The number of rotatable bonds is 3. The molecule has 0 aliphatic heterocycles. The van der Waals surface area contributed by atoms with Gasteiger partial charge >= 0.3 is 5.63 Å². The van der Waals surface area contributed by atoms with E-state index >= 15 is 0 Å². The Labute approximate surface area is 149 Å². The lowest BCUT2D eigenvalue weighted by atomic mass is 10.1. The van der Waals surface area contributed by atoms with E-state index in [0.29, 0.717) is 23.0 Å². The molecular formula is C21H15ClO3. The average Bonchev–Trinajstić information content (AvgIpc) is 2.60. The van der Waals surface area contributed by atoms with Crippen molar-refractivity contribution in [3.63, 3.8) is 0 Å². The summed E-state index contributed by atoms with van der Waals surface area (Å²) < 4.78 is 11.2. The van der Waals surface area contributed by atoms with Gasteiger partial charge in [-0.1, -0.05) is 54.1 Å². The third kappa shape index (κ3) is 2.99. The van der Waals surface area contributed by atoms with Gasteiger partial charge in [0.1, 0.15) is 17.9 Å². The van der Waals surface area contributed by atoms with Crippen LogP contribution in [0, 0.1) is 6.92 Å². The van der Waals surface area contributed by atoms with Crippen molar-refractivity contribution < 1.29 is 9.15 Å². The van der Waals surface area contributed by atoms with Gasteiger partial charge in [0.2, 0.25) is 0 Å². The largest absolute Gasteiger partial charge is 0.487 e. The Morgan fingerprint density at radius 1 is 1.00 bits per heavy atom. The zero-order valence-corrected chi connectivity index (χ0v) is 14.3. The number of fused-ring (bicyclic) bond motifs is 2. The first kappa shape index (κ1) is 15.7. The van der Waals surface area contributed by atoms with Crippen LogP contribution in [0.1, 0.15) is 11.1 Å². The van der Waals surface area contributed by atoms with Gasteiger partial charge in [-0.15, -0.1) is 0 Å². The normalized spacial score (nSPS) is 11.1. The lowest BCUT2D eigenvalue weighted by Gasteiger charge is -2.11. The average molecular weight is 351 g/mol. The highest BCUT2D eigenvalue weighted by molar-refractivity contribution is 6.32. The lowest BCUT2D eigenvalue weighted by molar-refractivity contribution is 0.308. The molecule has 0 spiro atoms. The minimum Gasteiger partial charge on any atom is -0.487 e. The predicted molar refractivity (Wildman–Crippen MR) is 101 cm³/mol. The van der Waals surface area contributed by atoms with Crippen LogP contribution in [0.2, 0.25) is 5.02 Å². The Bertz CT molecular complexity index is 1140. The maximum absolute atomic E-state index is 11.6. The fraction of sp³-hybridized carbons (Fsp3) is 0.0952. The van der Waals surface area contributed by atoms with Gasteiger partial charge in [0.05, 0.1) is 5.02 Å². The number of benzene rings is 3. The minimum atomic E-state index is -0.382. The topological polar surface area (TPSA) is 39.4 Å². The van der Waals surface area contributed by atoms with Gasteiger partial charge < -0.3 is 9.15 Å². The predicted octanol–water partition coefficient (Wildman–Crippen LogP) is 5.49. The number of ether oxygens (including phenoxy) is 1. The summed E-state index contributed by atoms with van der Waals surface area (Å²) in [6.45, 7) is 2.23. The molecule has 0 unspecified atom stereocenters. The molecule has 0 N–H and O–H groups in total. The standard InChI is InChI=1S/C21H15ClO3/c1-13-9-21(23)25-19-11-20(18(22)10-17(13)19)24-12-15-7-4-6-14-5-2-3-8-16(14)15/h2-11H,12H2,1H3. The van der Waals surface area contributed by atoms with Crippen LogP contribution in [-0.4, -0.2) is 0 Å². The Kier molecular flexibility index (Phi) is 3.94. The van der Waals surface area contributed by atoms with Crippen LogP contribution in [-0.2, 0) is 6.61 Å². The minimum absolute atomic E-state index is 0.378. The maximum Gasteiger partial charge on any atom is 0.336 e.